The predicted octanol–water partition coefficient (Wildman–Crippen LogP) is 6.06. The molecule has 4 aromatic carbocycles. The summed E-state index contributed by atoms with van der Waals surface area (Å²) in [5.41, 5.74) is 18.1. The number of nitrogens with one attached hydrogen (secondary N) is 2. The minimum atomic E-state index is -1.04. The van der Waals surface area contributed by atoms with Crippen LogP contribution in [0.3, 0.4) is 0 Å². The number of nitrogen functional groups attached to an aromatic ring is 2. The van der Waals surface area contributed by atoms with Gasteiger partial charge in [0.1, 0.15) is 0 Å². The van der Waals surface area contributed by atoms with Crippen LogP contribution in [0, 0.1) is 13.8 Å². The van der Waals surface area contributed by atoms with Crippen molar-refractivity contribution < 1.29 is 29.0 Å². The number of nitrogens with two attached hydrogens (primary N) is 2. The lowest BCUT2D eigenvalue weighted by Crippen LogP contribution is -2.17. The quantitative estimate of drug-likeness (QED) is 0.114. The summed E-state index contributed by atoms with van der Waals surface area (Å²) >= 11 is 0. The van der Waals surface area contributed by atoms with Crippen molar-refractivity contribution in [3.8, 4) is 22.5 Å². The number of esters is 1. The van der Waals surface area contributed by atoms with Gasteiger partial charge in [0.2, 0.25) is 0 Å². The number of anilines is 4. The molecule has 0 unspecified atom stereocenters. The molecule has 2 aromatic heterocycles. The first-order valence-electron chi connectivity index (χ1n) is 16.0. The van der Waals surface area contributed by atoms with Gasteiger partial charge in [-0.1, -0.05) is 59.7 Å². The first kappa shape index (κ1) is 36.8. The standard InChI is InChI=1S/C20H18N4O3.C19H16N4O3/c1-12-3-5-13(6-4-12)16-11-22-18(21)17(24-16)19(25)23-15-9-7-14(8-10-15)20(26)27-2;1-11-2-4-12(5-3-11)15-10-21-17(20)16(23-15)18(24)22-14-8-6-13(7-9-14)19(25)26/h3-11H,1-2H3,(H2,21,22)(H,23,25);2-10H,1H3,(H2,20,21)(H,22,24)(H,25,26). The Bertz CT molecular complexity index is 2280. The molecule has 0 aliphatic carbocycles. The maximum Gasteiger partial charge on any atom is 0.337 e. The van der Waals surface area contributed by atoms with Gasteiger partial charge in [-0.3, -0.25) is 9.59 Å². The van der Waals surface area contributed by atoms with Crippen molar-refractivity contribution in [2.75, 3.05) is 29.2 Å². The van der Waals surface area contributed by atoms with E-state index in [2.05, 4.69) is 35.3 Å². The summed E-state index contributed by atoms with van der Waals surface area (Å²) in [7, 11) is 1.31. The van der Waals surface area contributed by atoms with Crippen molar-refractivity contribution in [3.63, 3.8) is 0 Å². The second-order valence-electron chi connectivity index (χ2n) is 11.6. The molecule has 0 aliphatic rings. The Balaban J connectivity index is 0.000000204. The number of benzene rings is 4. The molecule has 6 rings (SSSR count). The van der Waals surface area contributed by atoms with Gasteiger partial charge in [0.25, 0.3) is 11.8 Å². The van der Waals surface area contributed by atoms with Crippen molar-refractivity contribution >= 4 is 46.8 Å². The predicted molar refractivity (Wildman–Crippen MR) is 200 cm³/mol. The number of rotatable bonds is 8. The molecule has 53 heavy (non-hydrogen) atoms. The van der Waals surface area contributed by atoms with E-state index in [9.17, 15) is 19.2 Å². The van der Waals surface area contributed by atoms with E-state index in [4.69, 9.17) is 16.6 Å². The van der Waals surface area contributed by atoms with Gasteiger partial charge in [-0.25, -0.2) is 29.5 Å². The average Bonchev–Trinajstić information content (AvgIpc) is 3.16. The Morgan fingerprint density at radius 3 is 1.32 bits per heavy atom. The normalized spacial score (nSPS) is 10.3. The Morgan fingerprint density at radius 2 is 0.962 bits per heavy atom. The maximum absolute atomic E-state index is 12.6. The summed E-state index contributed by atoms with van der Waals surface area (Å²) in [4.78, 5) is 64.2. The van der Waals surface area contributed by atoms with Gasteiger partial charge in [-0.05, 0) is 62.4 Å². The van der Waals surface area contributed by atoms with E-state index in [0.29, 0.717) is 28.3 Å². The van der Waals surface area contributed by atoms with Crippen LogP contribution in [-0.4, -0.2) is 55.9 Å². The fraction of sp³-hybridized carbons (Fsp3) is 0.0769. The highest BCUT2D eigenvalue weighted by Gasteiger charge is 2.17. The van der Waals surface area contributed by atoms with Crippen molar-refractivity contribution in [1.29, 1.82) is 0 Å². The molecule has 0 atom stereocenters. The molecule has 2 amide bonds. The van der Waals surface area contributed by atoms with Gasteiger partial charge in [0.15, 0.2) is 23.0 Å². The number of carbonyl (C=O) groups excluding carboxylic acids is 3. The molecule has 0 fully saturated rings. The third kappa shape index (κ3) is 9.40. The molecule has 0 spiro atoms. The fourth-order valence-electron chi connectivity index (χ4n) is 4.74. The summed E-state index contributed by atoms with van der Waals surface area (Å²) < 4.78 is 4.64. The molecule has 7 N–H and O–H groups in total. The maximum atomic E-state index is 12.6. The van der Waals surface area contributed by atoms with Crippen LogP contribution in [0.1, 0.15) is 52.8 Å². The molecule has 14 nitrogen and oxygen atoms in total. The van der Waals surface area contributed by atoms with Crippen LogP contribution < -0.4 is 22.1 Å². The number of aromatic carboxylic acids is 1. The second kappa shape index (κ2) is 16.5. The number of hydrogen-bond donors (Lipinski definition) is 5. The van der Waals surface area contributed by atoms with E-state index >= 15 is 0 Å². The number of amides is 2. The molecule has 0 aliphatic heterocycles. The zero-order valence-electron chi connectivity index (χ0n) is 28.8. The van der Waals surface area contributed by atoms with E-state index in [0.717, 1.165) is 22.3 Å². The van der Waals surface area contributed by atoms with Crippen molar-refractivity contribution in [1.82, 2.24) is 19.9 Å². The molecule has 6 aromatic rings. The molecule has 0 radical (unpaired) electrons. The topological polar surface area (TPSA) is 225 Å². The van der Waals surface area contributed by atoms with Crippen LogP contribution in [0.25, 0.3) is 22.5 Å². The minimum Gasteiger partial charge on any atom is -0.478 e. The number of carboxylic acids is 1. The van der Waals surface area contributed by atoms with Gasteiger partial charge < -0.3 is 31.9 Å². The van der Waals surface area contributed by atoms with Crippen molar-refractivity contribution in [2.24, 2.45) is 0 Å². The van der Waals surface area contributed by atoms with Gasteiger partial charge in [-0.15, -0.1) is 0 Å². The van der Waals surface area contributed by atoms with Crippen LogP contribution >= 0.6 is 0 Å². The lowest BCUT2D eigenvalue weighted by Gasteiger charge is -2.09. The summed E-state index contributed by atoms with van der Waals surface area (Å²) in [5, 5.41) is 14.2. The highest BCUT2D eigenvalue weighted by atomic mass is 16.5. The van der Waals surface area contributed by atoms with Gasteiger partial charge in [-0.2, -0.15) is 0 Å². The molecule has 0 saturated heterocycles. The number of ether oxygens (including phenoxy) is 1. The molecule has 2 heterocycles. The van der Waals surface area contributed by atoms with E-state index in [1.807, 2.05) is 62.4 Å². The van der Waals surface area contributed by atoms with E-state index in [1.165, 1.54) is 43.8 Å². The third-order valence-corrected chi connectivity index (χ3v) is 7.68. The molecule has 14 heteroatoms. The van der Waals surface area contributed by atoms with Crippen LogP contribution in [0.4, 0.5) is 23.0 Å². The number of hydrogen-bond acceptors (Lipinski definition) is 11. The monoisotopic (exact) mass is 710 g/mol. The summed E-state index contributed by atoms with van der Waals surface area (Å²) in [6.07, 6.45) is 3.04. The molecule has 0 saturated carbocycles. The number of nitrogens with zero attached hydrogens (tertiary/aromatic N) is 4. The molecular formula is C39H34N8O6. The third-order valence-electron chi connectivity index (χ3n) is 7.68. The van der Waals surface area contributed by atoms with Gasteiger partial charge in [0, 0.05) is 22.5 Å². The number of carboxylic acid groups (broad SMARTS) is 1. The second-order valence-corrected chi connectivity index (χ2v) is 11.6. The average molecular weight is 711 g/mol. The van der Waals surface area contributed by atoms with Crippen LogP contribution in [0.2, 0.25) is 0 Å². The van der Waals surface area contributed by atoms with E-state index in [-0.39, 0.29) is 28.6 Å². The SMILES string of the molecule is COC(=O)c1ccc(NC(=O)c2nc(-c3ccc(C)cc3)cnc2N)cc1.Cc1ccc(-c2cnc(N)c(C(=O)Nc3ccc(C(=O)O)cc3)n2)cc1. The lowest BCUT2D eigenvalue weighted by molar-refractivity contribution is 0.0599. The highest BCUT2D eigenvalue weighted by molar-refractivity contribution is 6.07. The summed E-state index contributed by atoms with van der Waals surface area (Å²) in [5.74, 6) is -2.44. The number of methoxy groups -OCH3 is 1. The smallest absolute Gasteiger partial charge is 0.337 e. The van der Waals surface area contributed by atoms with Gasteiger partial charge >= 0.3 is 11.9 Å². The molecule has 266 valence electrons. The first-order chi connectivity index (χ1) is 25.4. The Labute approximate surface area is 303 Å². The van der Waals surface area contributed by atoms with E-state index in [1.54, 1.807) is 24.3 Å². The summed E-state index contributed by atoms with van der Waals surface area (Å²) in [6, 6.07) is 27.5. The lowest BCUT2D eigenvalue weighted by atomic mass is 10.1. The largest absolute Gasteiger partial charge is 0.478 e. The Hall–Kier alpha value is -7.48. The van der Waals surface area contributed by atoms with Crippen molar-refractivity contribution in [3.05, 3.63) is 143 Å². The summed E-state index contributed by atoms with van der Waals surface area (Å²) in [6.45, 7) is 3.97. The number of aryl methyl sites for hydroxylation is 2. The van der Waals surface area contributed by atoms with Crippen LogP contribution in [0.15, 0.2) is 109 Å². The van der Waals surface area contributed by atoms with E-state index < -0.39 is 23.8 Å². The van der Waals surface area contributed by atoms with Crippen molar-refractivity contribution in [2.45, 2.75) is 13.8 Å². The number of aromatic nitrogens is 4. The zero-order valence-corrected chi connectivity index (χ0v) is 28.8. The van der Waals surface area contributed by atoms with Crippen LogP contribution in [-0.2, 0) is 4.74 Å². The zero-order chi connectivity index (χ0) is 38.1. The van der Waals surface area contributed by atoms with Gasteiger partial charge in [0.05, 0.1) is 42.0 Å². The molecular weight excluding hydrogens is 676 g/mol. The van der Waals surface area contributed by atoms with Crippen LogP contribution in [0.5, 0.6) is 0 Å². The Kier molecular flexibility index (Phi) is 11.4. The fourth-order valence-corrected chi connectivity index (χ4v) is 4.74. The number of carbonyl (C=O) groups is 4. The highest BCUT2D eigenvalue weighted by Crippen LogP contribution is 2.22. The Morgan fingerprint density at radius 1 is 0.585 bits per heavy atom. The first-order valence-corrected chi connectivity index (χ1v) is 16.0. The molecule has 0 bridgehead atoms. The minimum absolute atomic E-state index is 0.00499.